The maximum absolute atomic E-state index is 11.9. The molecule has 0 spiro atoms. The summed E-state index contributed by atoms with van der Waals surface area (Å²) in [7, 11) is 1.46. The van der Waals surface area contributed by atoms with Crippen molar-refractivity contribution in [3.8, 4) is 11.5 Å². The van der Waals surface area contributed by atoms with E-state index in [1.807, 2.05) is 0 Å². The van der Waals surface area contributed by atoms with E-state index in [-0.39, 0.29) is 18.3 Å². The smallest absolute Gasteiger partial charge is 0.262 e. The highest BCUT2D eigenvalue weighted by Gasteiger charge is 2.11. The van der Waals surface area contributed by atoms with Gasteiger partial charge in [-0.05, 0) is 43.3 Å². The molecule has 2 aromatic rings. The van der Waals surface area contributed by atoms with Crippen LogP contribution in [0.15, 0.2) is 36.4 Å². The summed E-state index contributed by atoms with van der Waals surface area (Å²) >= 11 is 11.7. The second-order valence-electron chi connectivity index (χ2n) is 4.89. The molecule has 0 saturated heterocycles. The number of benzene rings is 2. The standard InChI is InChI=1S/C17H15Cl2NO4/c1-10(21)11-3-6-15(16(7-11)23-2)24-9-17(22)20-12-4-5-13(18)14(19)8-12/h3-8H,9H2,1-2H3,(H,20,22). The van der Waals surface area contributed by atoms with Gasteiger partial charge in [0.2, 0.25) is 0 Å². The van der Waals surface area contributed by atoms with Crippen LogP contribution in [0.2, 0.25) is 10.0 Å². The molecule has 5 nitrogen and oxygen atoms in total. The van der Waals surface area contributed by atoms with Gasteiger partial charge in [0.25, 0.3) is 5.91 Å². The number of rotatable bonds is 6. The molecular formula is C17H15Cl2NO4. The first-order valence-corrected chi connectivity index (χ1v) is 7.73. The lowest BCUT2D eigenvalue weighted by Crippen LogP contribution is -2.20. The van der Waals surface area contributed by atoms with Crippen molar-refractivity contribution in [3.05, 3.63) is 52.0 Å². The quantitative estimate of drug-likeness (QED) is 0.776. The van der Waals surface area contributed by atoms with Crippen molar-refractivity contribution in [3.63, 3.8) is 0 Å². The van der Waals surface area contributed by atoms with Crippen LogP contribution in [0.1, 0.15) is 17.3 Å². The average molecular weight is 368 g/mol. The highest BCUT2D eigenvalue weighted by Crippen LogP contribution is 2.28. The summed E-state index contributed by atoms with van der Waals surface area (Å²) in [5.41, 5.74) is 1.01. The summed E-state index contributed by atoms with van der Waals surface area (Å²) in [6.45, 7) is 1.23. The van der Waals surface area contributed by atoms with Gasteiger partial charge in [0.15, 0.2) is 23.9 Å². The number of hydrogen-bond acceptors (Lipinski definition) is 4. The molecule has 0 radical (unpaired) electrons. The number of Topliss-reactive ketones (excluding diaryl/α,β-unsaturated/α-hetero) is 1. The van der Waals surface area contributed by atoms with Crippen molar-refractivity contribution >= 4 is 40.6 Å². The van der Waals surface area contributed by atoms with Gasteiger partial charge in [-0.2, -0.15) is 0 Å². The van der Waals surface area contributed by atoms with Gasteiger partial charge in [-0.25, -0.2) is 0 Å². The van der Waals surface area contributed by atoms with E-state index in [0.29, 0.717) is 32.8 Å². The third-order valence-electron chi connectivity index (χ3n) is 3.13. The zero-order valence-corrected chi connectivity index (χ0v) is 14.6. The molecule has 0 aliphatic carbocycles. The molecule has 0 unspecified atom stereocenters. The number of carbonyl (C=O) groups excluding carboxylic acids is 2. The lowest BCUT2D eigenvalue weighted by Gasteiger charge is -2.12. The zero-order valence-electron chi connectivity index (χ0n) is 13.1. The van der Waals surface area contributed by atoms with E-state index in [1.165, 1.54) is 14.0 Å². The van der Waals surface area contributed by atoms with Crippen molar-refractivity contribution in [1.29, 1.82) is 0 Å². The molecule has 0 heterocycles. The van der Waals surface area contributed by atoms with E-state index in [4.69, 9.17) is 32.7 Å². The topological polar surface area (TPSA) is 64.6 Å². The Morgan fingerprint density at radius 3 is 2.42 bits per heavy atom. The summed E-state index contributed by atoms with van der Waals surface area (Å²) < 4.78 is 10.6. The fourth-order valence-corrected chi connectivity index (χ4v) is 2.22. The van der Waals surface area contributed by atoms with Crippen molar-refractivity contribution in [2.24, 2.45) is 0 Å². The SMILES string of the molecule is COc1cc(C(C)=O)ccc1OCC(=O)Nc1ccc(Cl)c(Cl)c1. The minimum absolute atomic E-state index is 0.0859. The summed E-state index contributed by atoms with van der Waals surface area (Å²) in [5, 5.41) is 3.39. The van der Waals surface area contributed by atoms with E-state index in [9.17, 15) is 9.59 Å². The number of ether oxygens (including phenoxy) is 2. The van der Waals surface area contributed by atoms with Crippen LogP contribution in [0.25, 0.3) is 0 Å². The van der Waals surface area contributed by atoms with E-state index in [1.54, 1.807) is 36.4 Å². The lowest BCUT2D eigenvalue weighted by atomic mass is 10.1. The summed E-state index contributed by atoms with van der Waals surface area (Å²) in [5.74, 6) is 0.292. The first-order valence-electron chi connectivity index (χ1n) is 6.97. The Hall–Kier alpha value is -2.24. The van der Waals surface area contributed by atoms with E-state index >= 15 is 0 Å². The number of nitrogens with one attached hydrogen (secondary N) is 1. The van der Waals surface area contributed by atoms with Gasteiger partial charge in [-0.1, -0.05) is 23.2 Å². The molecule has 0 bridgehead atoms. The fourth-order valence-electron chi connectivity index (χ4n) is 1.92. The van der Waals surface area contributed by atoms with E-state index in [0.717, 1.165) is 0 Å². The Balaban J connectivity index is 2.00. The molecule has 0 fully saturated rings. The highest BCUT2D eigenvalue weighted by atomic mass is 35.5. The van der Waals surface area contributed by atoms with Gasteiger partial charge in [0, 0.05) is 11.3 Å². The highest BCUT2D eigenvalue weighted by molar-refractivity contribution is 6.42. The molecule has 1 amide bonds. The molecule has 2 rings (SSSR count). The number of anilines is 1. The molecule has 0 aromatic heterocycles. The number of hydrogen-bond donors (Lipinski definition) is 1. The van der Waals surface area contributed by atoms with Gasteiger partial charge < -0.3 is 14.8 Å². The van der Waals surface area contributed by atoms with Gasteiger partial charge in [0.1, 0.15) is 0 Å². The van der Waals surface area contributed by atoms with Crippen LogP contribution in [-0.2, 0) is 4.79 Å². The molecule has 7 heteroatoms. The van der Waals surface area contributed by atoms with Crippen LogP contribution in [0.5, 0.6) is 11.5 Å². The first-order chi connectivity index (χ1) is 11.4. The van der Waals surface area contributed by atoms with E-state index in [2.05, 4.69) is 5.32 Å². The second kappa shape index (κ2) is 8.04. The van der Waals surface area contributed by atoms with Crippen molar-refractivity contribution < 1.29 is 19.1 Å². The number of ketones is 1. The van der Waals surface area contributed by atoms with Crippen molar-refractivity contribution in [2.75, 3.05) is 19.0 Å². The predicted octanol–water partition coefficient (Wildman–Crippen LogP) is 4.22. The lowest BCUT2D eigenvalue weighted by molar-refractivity contribution is -0.118. The normalized spacial score (nSPS) is 10.2. The summed E-state index contributed by atoms with van der Waals surface area (Å²) in [6.07, 6.45) is 0. The Morgan fingerprint density at radius 2 is 1.79 bits per heavy atom. The third-order valence-corrected chi connectivity index (χ3v) is 3.87. The first kappa shape index (κ1) is 18.1. The number of amides is 1. The minimum Gasteiger partial charge on any atom is -0.493 e. The molecule has 126 valence electrons. The van der Waals surface area contributed by atoms with Crippen LogP contribution in [-0.4, -0.2) is 25.4 Å². The van der Waals surface area contributed by atoms with Crippen LogP contribution < -0.4 is 14.8 Å². The number of methoxy groups -OCH3 is 1. The molecule has 0 atom stereocenters. The third kappa shape index (κ3) is 4.63. The van der Waals surface area contributed by atoms with Crippen LogP contribution in [0, 0.1) is 0 Å². The molecule has 0 saturated carbocycles. The largest absolute Gasteiger partial charge is 0.493 e. The van der Waals surface area contributed by atoms with Gasteiger partial charge in [-0.15, -0.1) is 0 Å². The summed E-state index contributed by atoms with van der Waals surface area (Å²) in [4.78, 5) is 23.3. The zero-order chi connectivity index (χ0) is 17.7. The Bertz CT molecular complexity index is 777. The van der Waals surface area contributed by atoms with Crippen LogP contribution >= 0.6 is 23.2 Å². The van der Waals surface area contributed by atoms with Gasteiger partial charge in [-0.3, -0.25) is 9.59 Å². The number of halogens is 2. The Morgan fingerprint density at radius 1 is 1.04 bits per heavy atom. The Labute approximate surface area is 149 Å². The maximum atomic E-state index is 11.9. The molecule has 2 aromatic carbocycles. The minimum atomic E-state index is -0.369. The average Bonchev–Trinajstić information content (AvgIpc) is 2.56. The van der Waals surface area contributed by atoms with Gasteiger partial charge >= 0.3 is 0 Å². The molecular weight excluding hydrogens is 353 g/mol. The maximum Gasteiger partial charge on any atom is 0.262 e. The molecule has 1 N–H and O–H groups in total. The fraction of sp³-hybridized carbons (Fsp3) is 0.176. The van der Waals surface area contributed by atoms with Crippen molar-refractivity contribution in [1.82, 2.24) is 0 Å². The second-order valence-corrected chi connectivity index (χ2v) is 5.70. The Kier molecular flexibility index (Phi) is 6.06. The molecule has 24 heavy (non-hydrogen) atoms. The van der Waals surface area contributed by atoms with Crippen LogP contribution in [0.3, 0.4) is 0 Å². The van der Waals surface area contributed by atoms with Crippen molar-refractivity contribution in [2.45, 2.75) is 6.92 Å². The van der Waals surface area contributed by atoms with Gasteiger partial charge in [0.05, 0.1) is 17.2 Å². The van der Waals surface area contributed by atoms with Crippen LogP contribution in [0.4, 0.5) is 5.69 Å². The monoisotopic (exact) mass is 367 g/mol. The summed E-state index contributed by atoms with van der Waals surface area (Å²) in [6, 6.07) is 9.52. The predicted molar refractivity (Wildman–Crippen MR) is 93.6 cm³/mol. The molecule has 0 aliphatic heterocycles. The number of carbonyl (C=O) groups is 2. The van der Waals surface area contributed by atoms with E-state index < -0.39 is 0 Å². The molecule has 0 aliphatic rings.